The number of rotatable bonds is 0. The third-order valence-corrected chi connectivity index (χ3v) is 3.67. The van der Waals surface area contributed by atoms with E-state index in [1.165, 1.54) is 12.0 Å². The van der Waals surface area contributed by atoms with Crippen LogP contribution in [0.15, 0.2) is 16.8 Å². The number of oxime groups is 1. The molecule has 0 aromatic rings. The topological polar surface area (TPSA) is 32.6 Å². The van der Waals surface area contributed by atoms with Gasteiger partial charge in [-0.3, -0.25) is 0 Å². The van der Waals surface area contributed by atoms with E-state index in [0.717, 1.165) is 5.71 Å². The first kappa shape index (κ1) is 7.84. The van der Waals surface area contributed by atoms with Crippen LogP contribution in [0.4, 0.5) is 0 Å². The fourth-order valence-corrected chi connectivity index (χ4v) is 2.73. The molecular weight excluding hydrogens is 150 g/mol. The van der Waals surface area contributed by atoms with E-state index >= 15 is 0 Å². The second-order valence-corrected chi connectivity index (χ2v) is 4.58. The summed E-state index contributed by atoms with van der Waals surface area (Å²) >= 11 is 0. The molecule has 2 atom stereocenters. The molecule has 3 aliphatic carbocycles. The molecule has 66 valence electrons. The average molecular weight is 165 g/mol. The number of hydrogen-bond acceptors (Lipinski definition) is 2. The van der Waals surface area contributed by atoms with Crippen molar-refractivity contribution in [2.75, 3.05) is 0 Å². The Bertz CT molecular complexity index is 276. The molecule has 0 radical (unpaired) electrons. The maximum absolute atomic E-state index is 8.78. The van der Waals surface area contributed by atoms with Crippen molar-refractivity contribution in [1.82, 2.24) is 0 Å². The first-order chi connectivity index (χ1) is 5.57. The molecule has 1 saturated carbocycles. The minimum absolute atomic E-state index is 0.320. The van der Waals surface area contributed by atoms with E-state index in [2.05, 4.69) is 25.9 Å². The molecule has 1 fully saturated rings. The second kappa shape index (κ2) is 2.12. The molecule has 0 heterocycles. The Balaban J connectivity index is 2.42. The fourth-order valence-electron chi connectivity index (χ4n) is 2.73. The van der Waals surface area contributed by atoms with Crippen molar-refractivity contribution in [3.8, 4) is 0 Å². The number of allylic oxidation sites excluding steroid dienone is 2. The van der Waals surface area contributed by atoms with Gasteiger partial charge in [-0.1, -0.05) is 24.6 Å². The number of nitrogens with zero attached hydrogens (tertiary/aromatic N) is 1. The highest BCUT2D eigenvalue weighted by atomic mass is 16.4. The molecule has 0 saturated heterocycles. The van der Waals surface area contributed by atoms with Crippen LogP contribution in [-0.2, 0) is 0 Å². The largest absolute Gasteiger partial charge is 0.411 e. The lowest BCUT2D eigenvalue weighted by Gasteiger charge is -2.55. The Kier molecular flexibility index (Phi) is 1.39. The van der Waals surface area contributed by atoms with Gasteiger partial charge in [0.05, 0.1) is 5.71 Å². The first-order valence-electron chi connectivity index (χ1n) is 4.47. The maximum atomic E-state index is 8.78. The smallest absolute Gasteiger partial charge is 0.0831 e. The van der Waals surface area contributed by atoms with Gasteiger partial charge in [-0.15, -0.1) is 0 Å². The van der Waals surface area contributed by atoms with E-state index in [-0.39, 0.29) is 0 Å². The highest BCUT2D eigenvalue weighted by molar-refractivity contribution is 6.00. The zero-order chi connectivity index (χ0) is 8.93. The second-order valence-electron chi connectivity index (χ2n) is 4.58. The lowest BCUT2D eigenvalue weighted by atomic mass is 9.48. The monoisotopic (exact) mass is 165 g/mol. The van der Waals surface area contributed by atoms with Gasteiger partial charge in [-0.2, -0.15) is 0 Å². The van der Waals surface area contributed by atoms with Gasteiger partial charge in [0, 0.05) is 5.92 Å². The van der Waals surface area contributed by atoms with E-state index in [1.54, 1.807) is 0 Å². The Hall–Kier alpha value is -0.790. The molecule has 12 heavy (non-hydrogen) atoms. The van der Waals surface area contributed by atoms with Crippen LogP contribution in [0.1, 0.15) is 27.2 Å². The van der Waals surface area contributed by atoms with Gasteiger partial charge in [-0.05, 0) is 30.8 Å². The van der Waals surface area contributed by atoms with E-state index in [0.29, 0.717) is 17.3 Å². The van der Waals surface area contributed by atoms with Crippen LogP contribution in [0.25, 0.3) is 0 Å². The number of hydrogen-bond donors (Lipinski definition) is 1. The Labute approximate surface area is 73.0 Å². The minimum atomic E-state index is 0.320. The van der Waals surface area contributed by atoms with Gasteiger partial charge >= 0.3 is 0 Å². The van der Waals surface area contributed by atoms with E-state index in [4.69, 9.17) is 5.21 Å². The van der Waals surface area contributed by atoms with Crippen molar-refractivity contribution in [2.45, 2.75) is 27.2 Å². The van der Waals surface area contributed by atoms with Crippen LogP contribution < -0.4 is 0 Å². The lowest BCUT2D eigenvalue weighted by molar-refractivity contribution is 0.0446. The molecule has 2 bridgehead atoms. The van der Waals surface area contributed by atoms with Gasteiger partial charge in [0.25, 0.3) is 0 Å². The molecule has 0 spiro atoms. The van der Waals surface area contributed by atoms with Crippen molar-refractivity contribution >= 4 is 5.71 Å². The summed E-state index contributed by atoms with van der Waals surface area (Å²) in [6, 6.07) is 0. The lowest BCUT2D eigenvalue weighted by Crippen LogP contribution is -2.52. The standard InChI is InChI=1S/C10H15NO/c1-6-4-9(11-12)8-5-7(6)10(8,2)3/h4,7-8,12H,5H2,1-3H3/b11-9-/t7-,8-/m1/s1. The summed E-state index contributed by atoms with van der Waals surface area (Å²) in [5.74, 6) is 1.20. The molecule has 0 aliphatic heterocycles. The highest BCUT2D eigenvalue weighted by Crippen LogP contribution is 2.57. The molecule has 2 heteroatoms. The Morgan fingerprint density at radius 2 is 2.17 bits per heavy atom. The third-order valence-electron chi connectivity index (χ3n) is 3.67. The number of fused-ring (bicyclic) bond motifs is 1. The average Bonchev–Trinajstić information content (AvgIpc) is 2.02. The van der Waals surface area contributed by atoms with Crippen LogP contribution >= 0.6 is 0 Å². The molecule has 1 N–H and O–H groups in total. The summed E-state index contributed by atoms with van der Waals surface area (Å²) in [5.41, 5.74) is 2.57. The van der Waals surface area contributed by atoms with Crippen LogP contribution in [0.3, 0.4) is 0 Å². The molecule has 0 aromatic carbocycles. The van der Waals surface area contributed by atoms with Gasteiger partial charge in [0.1, 0.15) is 0 Å². The molecule has 3 rings (SSSR count). The van der Waals surface area contributed by atoms with E-state index in [9.17, 15) is 0 Å². The first-order valence-corrected chi connectivity index (χ1v) is 4.47. The molecule has 2 nitrogen and oxygen atoms in total. The minimum Gasteiger partial charge on any atom is -0.411 e. The summed E-state index contributed by atoms with van der Waals surface area (Å²) in [6.45, 7) is 6.65. The Morgan fingerprint density at radius 1 is 1.50 bits per heavy atom. The molecule has 3 aliphatic rings. The zero-order valence-corrected chi connectivity index (χ0v) is 7.83. The van der Waals surface area contributed by atoms with Gasteiger partial charge < -0.3 is 5.21 Å². The predicted molar refractivity (Wildman–Crippen MR) is 48.4 cm³/mol. The summed E-state index contributed by atoms with van der Waals surface area (Å²) in [4.78, 5) is 0. The van der Waals surface area contributed by atoms with Crippen molar-refractivity contribution in [3.63, 3.8) is 0 Å². The third kappa shape index (κ3) is 0.728. The molecule has 0 amide bonds. The summed E-state index contributed by atoms with van der Waals surface area (Å²) in [5, 5.41) is 12.1. The van der Waals surface area contributed by atoms with Gasteiger partial charge in [0.15, 0.2) is 0 Å². The van der Waals surface area contributed by atoms with Crippen LogP contribution in [0.5, 0.6) is 0 Å². The summed E-state index contributed by atoms with van der Waals surface area (Å²) in [6.07, 6.45) is 3.21. The van der Waals surface area contributed by atoms with Crippen LogP contribution in [0.2, 0.25) is 0 Å². The van der Waals surface area contributed by atoms with Crippen LogP contribution in [0, 0.1) is 17.3 Å². The van der Waals surface area contributed by atoms with E-state index < -0.39 is 0 Å². The van der Waals surface area contributed by atoms with Crippen molar-refractivity contribution in [3.05, 3.63) is 11.6 Å². The highest BCUT2D eigenvalue weighted by Gasteiger charge is 2.53. The van der Waals surface area contributed by atoms with E-state index in [1.807, 2.05) is 6.08 Å². The van der Waals surface area contributed by atoms with Crippen molar-refractivity contribution in [2.24, 2.45) is 22.4 Å². The molecular formula is C10H15NO. The van der Waals surface area contributed by atoms with Crippen LogP contribution in [-0.4, -0.2) is 10.9 Å². The maximum Gasteiger partial charge on any atom is 0.0831 e. The Morgan fingerprint density at radius 3 is 2.58 bits per heavy atom. The zero-order valence-electron chi connectivity index (χ0n) is 7.83. The SMILES string of the molecule is CC1=C/C(=N/O)[C@H]2C[C@H]1C2(C)C. The molecule has 0 aromatic heterocycles. The fraction of sp³-hybridized carbons (Fsp3) is 0.700. The summed E-state index contributed by atoms with van der Waals surface area (Å²) in [7, 11) is 0. The summed E-state index contributed by atoms with van der Waals surface area (Å²) < 4.78 is 0. The van der Waals surface area contributed by atoms with Crippen molar-refractivity contribution in [1.29, 1.82) is 0 Å². The predicted octanol–water partition coefficient (Wildman–Crippen LogP) is 2.44. The van der Waals surface area contributed by atoms with Gasteiger partial charge in [-0.25, -0.2) is 0 Å². The van der Waals surface area contributed by atoms with Crippen molar-refractivity contribution < 1.29 is 5.21 Å². The quantitative estimate of drug-likeness (QED) is 0.434. The normalized spacial score (nSPS) is 40.6. The van der Waals surface area contributed by atoms with Gasteiger partial charge in [0.2, 0.25) is 0 Å². The molecule has 0 unspecified atom stereocenters.